The largest absolute Gasteiger partial charge is 0.310 e. The van der Waals surface area contributed by atoms with Gasteiger partial charge in [-0.15, -0.1) is 0 Å². The lowest BCUT2D eigenvalue weighted by Gasteiger charge is -2.36. The molecule has 0 fully saturated rings. The van der Waals surface area contributed by atoms with Crippen molar-refractivity contribution >= 4 is 27.8 Å². The number of anilines is 3. The maximum Gasteiger partial charge on any atom is 0.0465 e. The molecule has 0 unspecified atom stereocenters. The van der Waals surface area contributed by atoms with Crippen molar-refractivity contribution in [3.63, 3.8) is 0 Å². The molecule has 0 aliphatic heterocycles. The number of hydrogen-bond acceptors (Lipinski definition) is 1. The van der Waals surface area contributed by atoms with E-state index in [0.717, 1.165) is 11.4 Å². The van der Waals surface area contributed by atoms with Crippen molar-refractivity contribution in [1.82, 2.24) is 0 Å². The van der Waals surface area contributed by atoms with Gasteiger partial charge in [-0.3, -0.25) is 0 Å². The van der Waals surface area contributed by atoms with Crippen molar-refractivity contribution in [2.24, 2.45) is 0 Å². The summed E-state index contributed by atoms with van der Waals surface area (Å²) in [5.74, 6) is 0. The number of fused-ring (bicyclic) bond motifs is 5. The summed E-state index contributed by atoms with van der Waals surface area (Å²) in [7, 11) is 0. The quantitative estimate of drug-likeness (QED) is 0.193. The molecule has 226 valence electrons. The molecule has 7 aromatic carbocycles. The summed E-state index contributed by atoms with van der Waals surface area (Å²) in [6, 6.07) is 56.2. The Morgan fingerprint density at radius 2 is 0.936 bits per heavy atom. The van der Waals surface area contributed by atoms with E-state index in [1.54, 1.807) is 0 Å². The number of hydrogen-bond donors (Lipinski definition) is 0. The molecule has 47 heavy (non-hydrogen) atoms. The van der Waals surface area contributed by atoms with Gasteiger partial charge < -0.3 is 4.90 Å². The van der Waals surface area contributed by atoms with E-state index in [2.05, 4.69) is 184 Å². The van der Waals surface area contributed by atoms with Crippen LogP contribution in [0.15, 0.2) is 152 Å². The molecule has 0 heterocycles. The molecular weight excluding hydrogens is 567 g/mol. The first-order chi connectivity index (χ1) is 22.8. The van der Waals surface area contributed by atoms with E-state index in [9.17, 15) is 0 Å². The highest BCUT2D eigenvalue weighted by Crippen LogP contribution is 2.53. The van der Waals surface area contributed by atoms with Gasteiger partial charge in [-0.1, -0.05) is 143 Å². The minimum Gasteiger partial charge on any atom is -0.310 e. The summed E-state index contributed by atoms with van der Waals surface area (Å²) in [6.07, 6.45) is 0. The maximum atomic E-state index is 2.41. The Morgan fingerprint density at radius 3 is 1.70 bits per heavy atom. The zero-order valence-electron chi connectivity index (χ0n) is 27.4. The Labute approximate surface area is 277 Å². The van der Waals surface area contributed by atoms with Crippen molar-refractivity contribution in [3.05, 3.63) is 174 Å². The average Bonchev–Trinajstić information content (AvgIpc) is 3.34. The third-order valence-electron chi connectivity index (χ3n) is 10.9. The van der Waals surface area contributed by atoms with Crippen LogP contribution in [0.4, 0.5) is 17.1 Å². The predicted molar refractivity (Wildman–Crippen MR) is 199 cm³/mol. The Balaban J connectivity index is 1.19. The minimum absolute atomic E-state index is 0.0602. The number of benzene rings is 7. The topological polar surface area (TPSA) is 3.24 Å². The lowest BCUT2D eigenvalue weighted by molar-refractivity contribution is 0.645. The van der Waals surface area contributed by atoms with Crippen LogP contribution in [-0.4, -0.2) is 0 Å². The maximum absolute atomic E-state index is 2.41. The average molecular weight is 604 g/mol. The van der Waals surface area contributed by atoms with Crippen molar-refractivity contribution in [2.45, 2.75) is 38.5 Å². The van der Waals surface area contributed by atoms with Crippen molar-refractivity contribution in [3.8, 4) is 33.4 Å². The molecule has 0 N–H and O–H groups in total. The second-order valence-corrected chi connectivity index (χ2v) is 14.2. The van der Waals surface area contributed by atoms with Crippen LogP contribution in [0.2, 0.25) is 0 Å². The van der Waals surface area contributed by atoms with Crippen LogP contribution >= 0.6 is 0 Å². The smallest absolute Gasteiger partial charge is 0.0465 e. The lowest BCUT2D eigenvalue weighted by Crippen LogP contribution is -2.23. The van der Waals surface area contributed by atoms with Crippen molar-refractivity contribution in [2.75, 3.05) is 4.90 Å². The molecule has 0 radical (unpaired) electrons. The summed E-state index contributed by atoms with van der Waals surface area (Å²) >= 11 is 0. The van der Waals surface area contributed by atoms with Gasteiger partial charge in [0.2, 0.25) is 0 Å². The van der Waals surface area contributed by atoms with E-state index in [-0.39, 0.29) is 10.8 Å². The summed E-state index contributed by atoms with van der Waals surface area (Å²) in [5.41, 5.74) is 16.8. The van der Waals surface area contributed by atoms with Crippen LogP contribution in [0, 0.1) is 0 Å². The van der Waals surface area contributed by atoms with Gasteiger partial charge >= 0.3 is 0 Å². The fraction of sp³-hybridized carbons (Fsp3) is 0.130. The highest BCUT2D eigenvalue weighted by molar-refractivity contribution is 6.09. The summed E-state index contributed by atoms with van der Waals surface area (Å²) < 4.78 is 0. The molecule has 0 atom stereocenters. The minimum atomic E-state index is -0.0619. The van der Waals surface area contributed by atoms with Gasteiger partial charge in [0.05, 0.1) is 0 Å². The van der Waals surface area contributed by atoms with E-state index in [0.29, 0.717) is 0 Å². The van der Waals surface area contributed by atoms with Gasteiger partial charge in [0.1, 0.15) is 0 Å². The molecule has 9 rings (SSSR count). The molecule has 1 heteroatoms. The number of nitrogens with zero attached hydrogens (tertiary/aromatic N) is 1. The van der Waals surface area contributed by atoms with Gasteiger partial charge in [0.15, 0.2) is 0 Å². The Bertz CT molecular complexity index is 2340. The highest BCUT2D eigenvalue weighted by atomic mass is 15.1. The predicted octanol–water partition coefficient (Wildman–Crippen LogP) is 12.6. The molecule has 2 aliphatic rings. The Morgan fingerprint density at radius 1 is 0.383 bits per heavy atom. The first-order valence-corrected chi connectivity index (χ1v) is 16.7. The summed E-state index contributed by atoms with van der Waals surface area (Å²) in [4.78, 5) is 2.39. The van der Waals surface area contributed by atoms with Crippen LogP contribution < -0.4 is 4.90 Å². The van der Waals surface area contributed by atoms with Gasteiger partial charge in [0.25, 0.3) is 0 Å². The van der Waals surface area contributed by atoms with E-state index >= 15 is 0 Å². The van der Waals surface area contributed by atoms with Crippen LogP contribution in [0.3, 0.4) is 0 Å². The second-order valence-electron chi connectivity index (χ2n) is 14.2. The van der Waals surface area contributed by atoms with Crippen LogP contribution in [0.1, 0.15) is 49.9 Å². The third kappa shape index (κ3) is 4.02. The molecular formula is C46H37N. The van der Waals surface area contributed by atoms with Crippen molar-refractivity contribution < 1.29 is 0 Å². The van der Waals surface area contributed by atoms with E-state index in [1.165, 1.54) is 72.1 Å². The standard InChI is InChI=1S/C46H37N/c1-45(2)40-19-11-9-17-38(40)44-35(27-23-31-13-12-20-41(45)43(31)44)30-21-24-33(25-22-30)47(32-14-6-5-7-15-32)34-26-28-37-36-16-8-10-18-39(36)46(3,4)42(37)29-34/h5-29H,1-4H3. The lowest BCUT2D eigenvalue weighted by atomic mass is 9.67. The van der Waals surface area contributed by atoms with Crippen LogP contribution in [0.25, 0.3) is 44.2 Å². The molecule has 0 saturated heterocycles. The normalized spacial score (nSPS) is 14.7. The van der Waals surface area contributed by atoms with Gasteiger partial charge in [-0.25, -0.2) is 0 Å². The van der Waals surface area contributed by atoms with Gasteiger partial charge in [-0.2, -0.15) is 0 Å². The molecule has 7 aromatic rings. The van der Waals surface area contributed by atoms with E-state index in [1.807, 2.05) is 0 Å². The first kappa shape index (κ1) is 27.9. The van der Waals surface area contributed by atoms with Gasteiger partial charge in [0, 0.05) is 27.9 Å². The molecule has 0 aromatic heterocycles. The summed E-state index contributed by atoms with van der Waals surface area (Å²) in [5, 5.41) is 2.68. The molecule has 2 aliphatic carbocycles. The highest BCUT2D eigenvalue weighted by Gasteiger charge is 2.36. The van der Waals surface area contributed by atoms with E-state index in [4.69, 9.17) is 0 Å². The fourth-order valence-electron chi connectivity index (χ4n) is 8.46. The Kier molecular flexibility index (Phi) is 5.96. The van der Waals surface area contributed by atoms with Gasteiger partial charge in [-0.05, 0) is 103 Å². The summed E-state index contributed by atoms with van der Waals surface area (Å²) in [6.45, 7) is 9.43. The van der Waals surface area contributed by atoms with Crippen molar-refractivity contribution in [1.29, 1.82) is 0 Å². The zero-order chi connectivity index (χ0) is 31.9. The third-order valence-corrected chi connectivity index (χ3v) is 10.9. The molecule has 1 nitrogen and oxygen atoms in total. The monoisotopic (exact) mass is 603 g/mol. The molecule has 0 amide bonds. The van der Waals surface area contributed by atoms with E-state index < -0.39 is 0 Å². The molecule has 0 saturated carbocycles. The van der Waals surface area contributed by atoms with Crippen LogP contribution in [0.5, 0.6) is 0 Å². The number of rotatable bonds is 4. The fourth-order valence-corrected chi connectivity index (χ4v) is 8.46. The zero-order valence-corrected chi connectivity index (χ0v) is 27.4. The Hall–Kier alpha value is -5.40. The first-order valence-electron chi connectivity index (χ1n) is 16.7. The SMILES string of the molecule is CC1(C)c2ccccc2-c2ccc(N(c3ccccc3)c3ccc(-c4ccc5cccc6c5c4-c4ccccc4C6(C)C)cc3)cc21. The second kappa shape index (κ2) is 10.0. The van der Waals surface area contributed by atoms with Crippen LogP contribution in [-0.2, 0) is 10.8 Å². The molecule has 0 spiro atoms. The molecule has 0 bridgehead atoms. The number of para-hydroxylation sites is 1.